The fourth-order valence-electron chi connectivity index (χ4n) is 4.02. The summed E-state index contributed by atoms with van der Waals surface area (Å²) in [5.74, 6) is -0.209. The van der Waals surface area contributed by atoms with Crippen molar-refractivity contribution in [3.05, 3.63) is 75.6 Å². The maximum absolute atomic E-state index is 12.6. The molecule has 2 N–H and O–H groups in total. The highest BCUT2D eigenvalue weighted by atomic mass is 32.1. The van der Waals surface area contributed by atoms with Crippen LogP contribution in [0.4, 0.5) is 19.0 Å². The summed E-state index contributed by atoms with van der Waals surface area (Å²) in [6.07, 6.45) is -3.13. The van der Waals surface area contributed by atoms with Crippen LogP contribution in [0, 0.1) is 0 Å². The van der Waals surface area contributed by atoms with Gasteiger partial charge in [0.05, 0.1) is 10.4 Å². The number of carbonyl (C=O) groups is 2. The topological polar surface area (TPSA) is 86.8 Å². The molecule has 1 aromatic carbocycles. The summed E-state index contributed by atoms with van der Waals surface area (Å²) < 4.78 is 41.9. The molecular weight excluding hydrogens is 507 g/mol. The molecule has 0 unspecified atom stereocenters. The number of ether oxygens (including phenoxy) is 1. The Bertz CT molecular complexity index is 1240. The number of rotatable bonds is 8. The van der Waals surface area contributed by atoms with E-state index >= 15 is 0 Å². The molecule has 0 spiro atoms. The molecule has 2 aromatic heterocycles. The van der Waals surface area contributed by atoms with Gasteiger partial charge in [-0.15, -0.1) is 24.5 Å². The van der Waals surface area contributed by atoms with E-state index in [2.05, 4.69) is 30.2 Å². The molecule has 1 aliphatic heterocycles. The lowest BCUT2D eigenvalue weighted by Crippen LogP contribution is -2.46. The summed E-state index contributed by atoms with van der Waals surface area (Å²) in [7, 11) is 1.59. The number of benzene rings is 1. The Morgan fingerprint density at radius 2 is 1.78 bits per heavy atom. The smallest absolute Gasteiger partial charge is 0.405 e. The number of thiophene rings is 1. The van der Waals surface area contributed by atoms with Crippen LogP contribution in [0.25, 0.3) is 0 Å². The second kappa shape index (κ2) is 11.6. The maximum atomic E-state index is 12.6. The molecule has 196 valence electrons. The standard InChI is InChI=1S/C25H26F3N5O3S/c1-29-23(34)19-6-4-10-30-22(19)33-13-11-32(12-14-33)16-18-8-9-21(37-18)24(35)31-15-17-5-2-3-7-20(17)36-25(26,27)28/h2-10H,11-16H2,1H3,(H,29,34)(H,31,35). The number of amides is 2. The first-order valence-corrected chi connectivity index (χ1v) is 12.4. The highest BCUT2D eigenvalue weighted by Crippen LogP contribution is 2.27. The number of nitrogens with zero attached hydrogens (tertiary/aromatic N) is 3. The number of hydrogen-bond acceptors (Lipinski definition) is 7. The molecule has 12 heteroatoms. The molecule has 1 saturated heterocycles. The fourth-order valence-corrected chi connectivity index (χ4v) is 4.99. The predicted molar refractivity (Wildman–Crippen MR) is 134 cm³/mol. The molecule has 0 saturated carbocycles. The van der Waals surface area contributed by atoms with Crippen LogP contribution in [0.3, 0.4) is 0 Å². The van der Waals surface area contributed by atoms with Gasteiger partial charge in [-0.25, -0.2) is 4.98 Å². The van der Waals surface area contributed by atoms with Crippen molar-refractivity contribution in [2.75, 3.05) is 38.1 Å². The number of pyridine rings is 1. The van der Waals surface area contributed by atoms with E-state index in [4.69, 9.17) is 0 Å². The number of para-hydroxylation sites is 1. The number of aromatic nitrogens is 1. The Labute approximate surface area is 216 Å². The number of piperazine rings is 1. The van der Waals surface area contributed by atoms with Gasteiger partial charge >= 0.3 is 6.36 Å². The zero-order chi connectivity index (χ0) is 26.4. The Kier molecular flexibility index (Phi) is 8.29. The van der Waals surface area contributed by atoms with Crippen LogP contribution in [0.1, 0.15) is 30.5 Å². The molecule has 3 aromatic rings. The van der Waals surface area contributed by atoms with Gasteiger partial charge in [-0.3, -0.25) is 14.5 Å². The van der Waals surface area contributed by atoms with E-state index in [1.165, 1.54) is 29.5 Å². The zero-order valence-corrected chi connectivity index (χ0v) is 20.9. The molecule has 0 aliphatic carbocycles. The van der Waals surface area contributed by atoms with Crippen molar-refractivity contribution in [2.24, 2.45) is 0 Å². The molecule has 1 fully saturated rings. The molecular formula is C25H26F3N5O3S. The first-order valence-electron chi connectivity index (χ1n) is 11.6. The Morgan fingerprint density at radius 3 is 2.51 bits per heavy atom. The number of halogens is 3. The Morgan fingerprint density at radius 1 is 1.03 bits per heavy atom. The van der Waals surface area contributed by atoms with E-state index in [-0.39, 0.29) is 29.7 Å². The van der Waals surface area contributed by atoms with Crippen LogP contribution in [-0.2, 0) is 13.1 Å². The lowest BCUT2D eigenvalue weighted by Gasteiger charge is -2.35. The van der Waals surface area contributed by atoms with E-state index < -0.39 is 6.36 Å². The van der Waals surface area contributed by atoms with Crippen molar-refractivity contribution >= 4 is 29.0 Å². The van der Waals surface area contributed by atoms with Crippen LogP contribution in [0.15, 0.2) is 54.7 Å². The lowest BCUT2D eigenvalue weighted by molar-refractivity contribution is -0.274. The van der Waals surface area contributed by atoms with E-state index in [1.54, 1.807) is 37.5 Å². The third kappa shape index (κ3) is 6.98. The second-order valence-corrected chi connectivity index (χ2v) is 9.49. The first-order chi connectivity index (χ1) is 17.7. The van der Waals surface area contributed by atoms with Gasteiger partial charge in [0.1, 0.15) is 11.6 Å². The third-order valence-electron chi connectivity index (χ3n) is 5.83. The van der Waals surface area contributed by atoms with Gasteiger partial charge in [-0.05, 0) is 30.3 Å². The van der Waals surface area contributed by atoms with Crippen molar-refractivity contribution in [3.8, 4) is 5.75 Å². The molecule has 0 atom stereocenters. The highest BCUT2D eigenvalue weighted by molar-refractivity contribution is 7.14. The van der Waals surface area contributed by atoms with Gasteiger partial charge in [0.15, 0.2) is 0 Å². The number of carbonyl (C=O) groups excluding carboxylic acids is 2. The van der Waals surface area contributed by atoms with E-state index in [9.17, 15) is 22.8 Å². The first kappa shape index (κ1) is 26.4. The van der Waals surface area contributed by atoms with Crippen molar-refractivity contribution in [1.82, 2.24) is 20.5 Å². The van der Waals surface area contributed by atoms with Crippen LogP contribution in [0.2, 0.25) is 0 Å². The van der Waals surface area contributed by atoms with E-state index in [0.29, 0.717) is 35.9 Å². The molecule has 8 nitrogen and oxygen atoms in total. The Hall–Kier alpha value is -3.64. The monoisotopic (exact) mass is 533 g/mol. The summed E-state index contributed by atoms with van der Waals surface area (Å²) in [5.41, 5.74) is 0.773. The van der Waals surface area contributed by atoms with Crippen molar-refractivity contribution in [2.45, 2.75) is 19.5 Å². The van der Waals surface area contributed by atoms with Crippen molar-refractivity contribution in [3.63, 3.8) is 0 Å². The van der Waals surface area contributed by atoms with Crippen molar-refractivity contribution in [1.29, 1.82) is 0 Å². The molecule has 1 aliphatic rings. The van der Waals surface area contributed by atoms with Gasteiger partial charge in [-0.1, -0.05) is 18.2 Å². The van der Waals surface area contributed by atoms with Crippen LogP contribution in [-0.4, -0.2) is 61.3 Å². The maximum Gasteiger partial charge on any atom is 0.573 e. The average Bonchev–Trinajstić information content (AvgIpc) is 3.36. The summed E-state index contributed by atoms with van der Waals surface area (Å²) >= 11 is 1.35. The van der Waals surface area contributed by atoms with E-state index in [1.807, 2.05) is 6.07 Å². The number of anilines is 1. The summed E-state index contributed by atoms with van der Waals surface area (Å²) in [6, 6.07) is 12.8. The number of nitrogens with one attached hydrogen (secondary N) is 2. The molecule has 0 radical (unpaired) electrons. The van der Waals surface area contributed by atoms with Crippen molar-refractivity contribution < 1.29 is 27.5 Å². The summed E-state index contributed by atoms with van der Waals surface area (Å²) in [4.78, 5) is 35.0. The normalized spacial score (nSPS) is 14.3. The molecule has 4 rings (SSSR count). The highest BCUT2D eigenvalue weighted by Gasteiger charge is 2.32. The molecule has 2 amide bonds. The minimum Gasteiger partial charge on any atom is -0.405 e. The fraction of sp³-hybridized carbons (Fsp3) is 0.320. The number of alkyl halides is 3. The van der Waals surface area contributed by atoms with Gasteiger partial charge < -0.3 is 20.3 Å². The SMILES string of the molecule is CNC(=O)c1cccnc1N1CCN(Cc2ccc(C(=O)NCc3ccccc3OC(F)(F)F)s2)CC1. The lowest BCUT2D eigenvalue weighted by atomic mass is 10.2. The average molecular weight is 534 g/mol. The second-order valence-electron chi connectivity index (χ2n) is 8.32. The van der Waals surface area contributed by atoms with Gasteiger partial charge in [0.2, 0.25) is 0 Å². The van der Waals surface area contributed by atoms with Crippen LogP contribution < -0.4 is 20.3 Å². The molecule has 0 bridgehead atoms. The Balaban J connectivity index is 1.30. The summed E-state index contributed by atoms with van der Waals surface area (Å²) in [6.45, 7) is 3.51. The molecule has 37 heavy (non-hydrogen) atoms. The van der Waals surface area contributed by atoms with Gasteiger partial charge in [-0.2, -0.15) is 0 Å². The van der Waals surface area contributed by atoms with Crippen LogP contribution >= 0.6 is 11.3 Å². The largest absolute Gasteiger partial charge is 0.573 e. The minimum atomic E-state index is -4.81. The van der Waals surface area contributed by atoms with E-state index in [0.717, 1.165) is 18.0 Å². The predicted octanol–water partition coefficient (Wildman–Crippen LogP) is 3.65. The quantitative estimate of drug-likeness (QED) is 0.460. The molecule has 3 heterocycles. The van der Waals surface area contributed by atoms with Crippen LogP contribution in [0.5, 0.6) is 5.75 Å². The third-order valence-corrected chi connectivity index (χ3v) is 6.90. The van der Waals surface area contributed by atoms with Gasteiger partial charge in [0.25, 0.3) is 11.8 Å². The zero-order valence-electron chi connectivity index (χ0n) is 20.0. The van der Waals surface area contributed by atoms with Gasteiger partial charge in [0, 0.05) is 63.0 Å². The minimum absolute atomic E-state index is 0.0914. The number of hydrogen-bond donors (Lipinski definition) is 2. The summed E-state index contributed by atoms with van der Waals surface area (Å²) in [5, 5.41) is 5.31.